The molecule has 1 rings (SSSR count). The molecule has 0 saturated carbocycles. The number of hydrogen-bond acceptors (Lipinski definition) is 1. The van der Waals surface area contributed by atoms with Crippen LogP contribution in [-0.4, -0.2) is 0 Å². The fourth-order valence-electron chi connectivity index (χ4n) is 1.55. The van der Waals surface area contributed by atoms with Gasteiger partial charge in [-0.1, -0.05) is 33.6 Å². The minimum absolute atomic E-state index is 0. The van der Waals surface area contributed by atoms with Crippen LogP contribution in [0.15, 0.2) is 18.2 Å². The molecule has 0 amide bonds. The predicted octanol–water partition coefficient (Wildman–Crippen LogP) is 3.62. The summed E-state index contributed by atoms with van der Waals surface area (Å²) in [6.45, 7) is 7.67. The van der Waals surface area contributed by atoms with E-state index in [2.05, 4.69) is 6.07 Å². The van der Waals surface area contributed by atoms with Crippen LogP contribution in [-0.2, 0) is 32.7 Å². The first-order chi connectivity index (χ1) is 6.84. The van der Waals surface area contributed by atoms with E-state index in [1.807, 2.05) is 33.8 Å². The quantitative estimate of drug-likeness (QED) is 0.725. The first-order valence-corrected chi connectivity index (χ1v) is 4.89. The van der Waals surface area contributed by atoms with E-state index in [1.54, 1.807) is 0 Å². The van der Waals surface area contributed by atoms with Crippen LogP contribution in [0.3, 0.4) is 0 Å². The van der Waals surface area contributed by atoms with Gasteiger partial charge in [0.1, 0.15) is 0 Å². The molecular weight excluding hydrogens is 278 g/mol. The maximum Gasteiger partial charge on any atom is 0.0681 e. The van der Waals surface area contributed by atoms with Gasteiger partial charge in [0, 0.05) is 38.8 Å². The van der Waals surface area contributed by atoms with Crippen molar-refractivity contribution in [1.82, 2.24) is 0 Å². The molecule has 0 spiro atoms. The molecule has 0 N–H and O–H groups in total. The fraction of sp³-hybridized carbons (Fsp3) is 0.385. The van der Waals surface area contributed by atoms with Crippen molar-refractivity contribution in [3.05, 3.63) is 41.1 Å². The summed E-state index contributed by atoms with van der Waals surface area (Å²) in [5.41, 5.74) is 1.26. The van der Waals surface area contributed by atoms with E-state index < -0.39 is 0 Å². The van der Waals surface area contributed by atoms with Crippen LogP contribution in [0.2, 0.25) is 0 Å². The second-order valence-electron chi connectivity index (χ2n) is 4.75. The van der Waals surface area contributed by atoms with Crippen molar-refractivity contribution in [3.63, 3.8) is 0 Å². The minimum atomic E-state index is -0.290. The van der Waals surface area contributed by atoms with Crippen molar-refractivity contribution in [3.8, 4) is 6.07 Å². The molecule has 0 atom stereocenters. The van der Waals surface area contributed by atoms with Gasteiger partial charge in [0.2, 0.25) is 0 Å². The molecule has 3 heteroatoms. The molecule has 1 aromatic rings. The van der Waals surface area contributed by atoms with Crippen LogP contribution >= 0.6 is 0 Å². The summed E-state index contributed by atoms with van der Waals surface area (Å²) in [5, 5.41) is 9.09. The van der Waals surface area contributed by atoms with Gasteiger partial charge in [-0.2, -0.15) is 11.6 Å². The SMILES string of the molecule is Cc1cc(F)cc([C-](C#N)C(C)(C)C)c1.[Y]. The summed E-state index contributed by atoms with van der Waals surface area (Å²) in [6.07, 6.45) is 0. The number of aryl methyl sites for hydroxylation is 1. The second kappa shape index (κ2) is 5.80. The first kappa shape index (κ1) is 15.6. The molecule has 0 unspecified atom stereocenters. The average Bonchev–Trinajstić information content (AvgIpc) is 1.99. The molecular formula is C13H15FNY-. The largest absolute Gasteiger partial charge is 0.222 e. The van der Waals surface area contributed by atoms with E-state index in [9.17, 15) is 4.39 Å². The average molecular weight is 293 g/mol. The summed E-state index contributed by atoms with van der Waals surface area (Å²) in [5.74, 6) is 0.326. The summed E-state index contributed by atoms with van der Waals surface area (Å²) in [7, 11) is 0. The molecule has 0 aromatic heterocycles. The maximum atomic E-state index is 13.2. The fourth-order valence-corrected chi connectivity index (χ4v) is 1.55. The normalized spacial score (nSPS) is 10.2. The van der Waals surface area contributed by atoms with E-state index in [0.717, 1.165) is 5.56 Å². The van der Waals surface area contributed by atoms with Crippen LogP contribution in [0, 0.1) is 35.4 Å². The Balaban J connectivity index is 0.00000225. The molecule has 0 aliphatic heterocycles. The number of rotatable bonds is 1. The van der Waals surface area contributed by atoms with Gasteiger partial charge in [0.15, 0.2) is 0 Å². The molecule has 1 aromatic carbocycles. The Labute approximate surface area is 122 Å². The van der Waals surface area contributed by atoms with Gasteiger partial charge in [-0.05, 0) is 11.5 Å². The Kier molecular flexibility index (Phi) is 5.66. The number of nitriles is 1. The van der Waals surface area contributed by atoms with Gasteiger partial charge >= 0.3 is 0 Å². The van der Waals surface area contributed by atoms with Crippen molar-refractivity contribution >= 4 is 0 Å². The van der Waals surface area contributed by atoms with E-state index >= 15 is 0 Å². The Bertz CT molecular complexity index is 381. The standard InChI is InChI=1S/C13H15FN.Y/c1-9-5-10(7-11(14)6-9)12(8-15)13(2,3)4;/h5-7H,1-4H3;/q-1;. The smallest absolute Gasteiger partial charge is 0.0681 e. The summed E-state index contributed by atoms with van der Waals surface area (Å²) in [4.78, 5) is 0. The zero-order chi connectivity index (χ0) is 11.6. The van der Waals surface area contributed by atoms with Crippen molar-refractivity contribution in [2.24, 2.45) is 5.41 Å². The minimum Gasteiger partial charge on any atom is -0.222 e. The molecule has 0 aliphatic rings. The van der Waals surface area contributed by atoms with Gasteiger partial charge < -0.3 is 0 Å². The van der Waals surface area contributed by atoms with Gasteiger partial charge in [0.25, 0.3) is 0 Å². The topological polar surface area (TPSA) is 23.8 Å². The van der Waals surface area contributed by atoms with Crippen LogP contribution < -0.4 is 0 Å². The van der Waals surface area contributed by atoms with Crippen molar-refractivity contribution in [2.75, 3.05) is 0 Å². The number of halogens is 1. The van der Waals surface area contributed by atoms with Crippen molar-refractivity contribution in [2.45, 2.75) is 27.7 Å². The molecule has 0 heterocycles. The summed E-state index contributed by atoms with van der Waals surface area (Å²) >= 11 is 0. The Morgan fingerprint density at radius 2 is 1.81 bits per heavy atom. The third kappa shape index (κ3) is 3.88. The van der Waals surface area contributed by atoms with Gasteiger partial charge in [0.05, 0.1) is 5.82 Å². The van der Waals surface area contributed by atoms with Crippen LogP contribution in [0.4, 0.5) is 4.39 Å². The van der Waals surface area contributed by atoms with Gasteiger partial charge in [-0.15, -0.1) is 11.6 Å². The number of hydrogen-bond donors (Lipinski definition) is 0. The predicted molar refractivity (Wildman–Crippen MR) is 58.6 cm³/mol. The molecule has 16 heavy (non-hydrogen) atoms. The third-order valence-corrected chi connectivity index (χ3v) is 2.19. The molecule has 0 saturated heterocycles. The van der Waals surface area contributed by atoms with E-state index in [-0.39, 0.29) is 43.9 Å². The van der Waals surface area contributed by atoms with E-state index in [1.165, 1.54) is 12.1 Å². The Morgan fingerprint density at radius 1 is 1.25 bits per heavy atom. The van der Waals surface area contributed by atoms with Crippen LogP contribution in [0.25, 0.3) is 0 Å². The zero-order valence-corrected chi connectivity index (χ0v) is 13.0. The van der Waals surface area contributed by atoms with Crippen molar-refractivity contribution in [1.29, 1.82) is 5.26 Å². The molecule has 1 radical (unpaired) electrons. The third-order valence-electron chi connectivity index (χ3n) is 2.19. The number of nitrogens with zero attached hydrogens (tertiary/aromatic N) is 1. The van der Waals surface area contributed by atoms with Gasteiger partial charge in [-0.25, -0.2) is 9.65 Å². The van der Waals surface area contributed by atoms with E-state index in [4.69, 9.17) is 5.26 Å². The van der Waals surface area contributed by atoms with E-state index in [0.29, 0.717) is 11.5 Å². The molecule has 0 aliphatic carbocycles. The Hall–Kier alpha value is -0.386. The summed E-state index contributed by atoms with van der Waals surface area (Å²) in [6, 6.07) is 6.88. The first-order valence-electron chi connectivity index (χ1n) is 4.89. The Morgan fingerprint density at radius 3 is 2.19 bits per heavy atom. The van der Waals surface area contributed by atoms with Gasteiger partial charge in [-0.3, -0.25) is 0 Å². The van der Waals surface area contributed by atoms with Crippen LogP contribution in [0.5, 0.6) is 0 Å². The molecule has 0 bridgehead atoms. The van der Waals surface area contributed by atoms with Crippen molar-refractivity contribution < 1.29 is 37.1 Å². The number of benzene rings is 1. The second-order valence-corrected chi connectivity index (χ2v) is 4.75. The maximum absolute atomic E-state index is 13.2. The summed E-state index contributed by atoms with van der Waals surface area (Å²) < 4.78 is 13.2. The molecule has 0 fully saturated rings. The molecule has 83 valence electrons. The monoisotopic (exact) mass is 293 g/mol. The molecule has 1 nitrogen and oxygen atoms in total. The zero-order valence-electron chi connectivity index (χ0n) is 10.1. The van der Waals surface area contributed by atoms with Crippen LogP contribution in [0.1, 0.15) is 31.9 Å².